The first-order valence-electron chi connectivity index (χ1n) is 6.17. The summed E-state index contributed by atoms with van der Waals surface area (Å²) in [5.74, 6) is 1.21. The summed E-state index contributed by atoms with van der Waals surface area (Å²) in [7, 11) is 0. The van der Waals surface area contributed by atoms with Gasteiger partial charge in [-0.3, -0.25) is 4.98 Å². The van der Waals surface area contributed by atoms with Crippen molar-refractivity contribution in [3.8, 4) is 11.5 Å². The van der Waals surface area contributed by atoms with E-state index in [-0.39, 0.29) is 11.9 Å². The van der Waals surface area contributed by atoms with E-state index in [0.29, 0.717) is 17.2 Å². The summed E-state index contributed by atoms with van der Waals surface area (Å²) in [5, 5.41) is 0. The van der Waals surface area contributed by atoms with Crippen LogP contribution >= 0.6 is 0 Å². The Morgan fingerprint density at radius 3 is 2.57 bits per heavy atom. The second-order valence-corrected chi connectivity index (χ2v) is 4.25. The standard InChI is InChI=1S/C14H16N6O/c1-9-7-10(21-11-3-2-6-18-8-11)4-5-12(9)19-14(17)20-13(15)16/h2-8H,1H3,(H6,15,16,17,19,20). The molecule has 0 fully saturated rings. The number of hydrogen-bond donors (Lipinski definition) is 3. The fourth-order valence-corrected chi connectivity index (χ4v) is 1.64. The lowest BCUT2D eigenvalue weighted by Crippen LogP contribution is -2.26. The van der Waals surface area contributed by atoms with Gasteiger partial charge < -0.3 is 21.9 Å². The maximum absolute atomic E-state index is 5.67. The molecule has 7 nitrogen and oxygen atoms in total. The van der Waals surface area contributed by atoms with E-state index in [1.54, 1.807) is 30.6 Å². The summed E-state index contributed by atoms with van der Waals surface area (Å²) < 4.78 is 5.67. The average molecular weight is 284 g/mol. The van der Waals surface area contributed by atoms with Crippen LogP contribution in [-0.4, -0.2) is 16.9 Å². The molecule has 108 valence electrons. The topological polar surface area (TPSA) is 125 Å². The number of aromatic nitrogens is 1. The molecule has 7 heteroatoms. The Balaban J connectivity index is 2.20. The van der Waals surface area contributed by atoms with E-state index >= 15 is 0 Å². The van der Waals surface area contributed by atoms with Gasteiger partial charge in [-0.2, -0.15) is 4.99 Å². The smallest absolute Gasteiger partial charge is 0.223 e. The zero-order valence-corrected chi connectivity index (χ0v) is 11.5. The number of rotatable bonds is 3. The van der Waals surface area contributed by atoms with Gasteiger partial charge in [0.25, 0.3) is 0 Å². The third kappa shape index (κ3) is 4.20. The number of aliphatic imine (C=N–C) groups is 2. The van der Waals surface area contributed by atoms with Gasteiger partial charge in [-0.15, -0.1) is 0 Å². The monoisotopic (exact) mass is 284 g/mol. The molecule has 2 rings (SSSR count). The Labute approximate surface area is 122 Å². The summed E-state index contributed by atoms with van der Waals surface area (Å²) in [4.78, 5) is 11.8. The number of guanidine groups is 2. The van der Waals surface area contributed by atoms with Gasteiger partial charge in [0.2, 0.25) is 5.96 Å². The molecule has 0 unspecified atom stereocenters. The summed E-state index contributed by atoms with van der Waals surface area (Å²) >= 11 is 0. The van der Waals surface area contributed by atoms with Gasteiger partial charge in [-0.1, -0.05) is 0 Å². The Morgan fingerprint density at radius 1 is 1.14 bits per heavy atom. The summed E-state index contributed by atoms with van der Waals surface area (Å²) in [5.41, 5.74) is 17.6. The lowest BCUT2D eigenvalue weighted by atomic mass is 10.2. The maximum atomic E-state index is 5.67. The highest BCUT2D eigenvalue weighted by atomic mass is 16.5. The fourth-order valence-electron chi connectivity index (χ4n) is 1.64. The molecule has 0 spiro atoms. The molecule has 21 heavy (non-hydrogen) atoms. The van der Waals surface area contributed by atoms with Crippen LogP contribution in [0.25, 0.3) is 0 Å². The third-order valence-electron chi connectivity index (χ3n) is 2.52. The third-order valence-corrected chi connectivity index (χ3v) is 2.52. The molecule has 1 aromatic carbocycles. The molecule has 1 heterocycles. The van der Waals surface area contributed by atoms with Crippen molar-refractivity contribution in [3.05, 3.63) is 48.3 Å². The van der Waals surface area contributed by atoms with E-state index in [9.17, 15) is 0 Å². The minimum absolute atomic E-state index is 0.000900. The Kier molecular flexibility index (Phi) is 4.35. The van der Waals surface area contributed by atoms with Gasteiger partial charge in [-0.25, -0.2) is 4.99 Å². The fraction of sp³-hybridized carbons (Fsp3) is 0.0714. The Hall–Kier alpha value is -3.09. The Morgan fingerprint density at radius 2 is 1.95 bits per heavy atom. The molecule has 1 aromatic heterocycles. The number of nitrogens with zero attached hydrogens (tertiary/aromatic N) is 3. The zero-order valence-electron chi connectivity index (χ0n) is 11.5. The van der Waals surface area contributed by atoms with Crippen LogP contribution in [-0.2, 0) is 0 Å². The van der Waals surface area contributed by atoms with Crippen molar-refractivity contribution < 1.29 is 4.74 Å². The number of pyridine rings is 1. The van der Waals surface area contributed by atoms with Gasteiger partial charge >= 0.3 is 0 Å². The first-order chi connectivity index (χ1) is 10.0. The van der Waals surface area contributed by atoms with Crippen molar-refractivity contribution in [2.75, 3.05) is 0 Å². The number of aryl methyl sites for hydroxylation is 1. The van der Waals surface area contributed by atoms with Crippen molar-refractivity contribution in [3.63, 3.8) is 0 Å². The van der Waals surface area contributed by atoms with E-state index < -0.39 is 0 Å². The summed E-state index contributed by atoms with van der Waals surface area (Å²) in [6.07, 6.45) is 3.32. The first kappa shape index (κ1) is 14.3. The number of ether oxygens (including phenoxy) is 1. The van der Waals surface area contributed by atoms with Gasteiger partial charge in [0, 0.05) is 6.20 Å². The van der Waals surface area contributed by atoms with Crippen LogP contribution in [0.15, 0.2) is 52.7 Å². The predicted molar refractivity (Wildman–Crippen MR) is 82.6 cm³/mol. The molecule has 0 aliphatic rings. The van der Waals surface area contributed by atoms with Crippen LogP contribution < -0.4 is 21.9 Å². The maximum Gasteiger partial charge on any atom is 0.223 e. The van der Waals surface area contributed by atoms with E-state index in [0.717, 1.165) is 5.56 Å². The lowest BCUT2D eigenvalue weighted by molar-refractivity contribution is 0.480. The minimum atomic E-state index is -0.134. The predicted octanol–water partition coefficient (Wildman–Crippen LogP) is 1.40. The molecular weight excluding hydrogens is 268 g/mol. The molecule has 2 aromatic rings. The highest BCUT2D eigenvalue weighted by molar-refractivity contribution is 5.93. The highest BCUT2D eigenvalue weighted by Crippen LogP contribution is 2.27. The van der Waals surface area contributed by atoms with Crippen LogP contribution in [0.3, 0.4) is 0 Å². The van der Waals surface area contributed by atoms with E-state index in [1.807, 2.05) is 19.1 Å². The lowest BCUT2D eigenvalue weighted by Gasteiger charge is -2.07. The number of benzene rings is 1. The van der Waals surface area contributed by atoms with E-state index in [1.165, 1.54) is 0 Å². The van der Waals surface area contributed by atoms with Crippen molar-refractivity contribution >= 4 is 17.6 Å². The molecule has 6 N–H and O–H groups in total. The normalized spacial score (nSPS) is 11.0. The largest absolute Gasteiger partial charge is 0.456 e. The molecule has 0 radical (unpaired) electrons. The number of hydrogen-bond acceptors (Lipinski definition) is 3. The molecule has 0 amide bonds. The molecule has 0 atom stereocenters. The van der Waals surface area contributed by atoms with Crippen LogP contribution in [0.4, 0.5) is 5.69 Å². The second kappa shape index (κ2) is 6.38. The summed E-state index contributed by atoms with van der Waals surface area (Å²) in [6.45, 7) is 1.89. The van der Waals surface area contributed by atoms with Gasteiger partial charge in [-0.05, 0) is 42.8 Å². The van der Waals surface area contributed by atoms with Crippen molar-refractivity contribution in [2.24, 2.45) is 27.2 Å². The average Bonchev–Trinajstić information content (AvgIpc) is 2.42. The molecule has 0 aliphatic heterocycles. The van der Waals surface area contributed by atoms with Crippen molar-refractivity contribution in [1.29, 1.82) is 0 Å². The molecular formula is C14H16N6O. The molecule has 0 saturated heterocycles. The molecule has 0 aliphatic carbocycles. The van der Waals surface area contributed by atoms with Gasteiger partial charge in [0.05, 0.1) is 11.9 Å². The van der Waals surface area contributed by atoms with E-state index in [2.05, 4.69) is 15.0 Å². The highest BCUT2D eigenvalue weighted by Gasteiger charge is 2.02. The van der Waals surface area contributed by atoms with E-state index in [4.69, 9.17) is 21.9 Å². The SMILES string of the molecule is Cc1cc(Oc2cccnc2)ccc1N=C(N)N=C(N)N. The first-order valence-corrected chi connectivity index (χ1v) is 6.17. The van der Waals surface area contributed by atoms with Gasteiger partial charge in [0.15, 0.2) is 5.96 Å². The second-order valence-electron chi connectivity index (χ2n) is 4.25. The van der Waals surface area contributed by atoms with Gasteiger partial charge in [0.1, 0.15) is 11.5 Å². The molecule has 0 bridgehead atoms. The molecule has 0 saturated carbocycles. The van der Waals surface area contributed by atoms with Crippen molar-refractivity contribution in [1.82, 2.24) is 4.98 Å². The van der Waals surface area contributed by atoms with Crippen molar-refractivity contribution in [2.45, 2.75) is 6.92 Å². The van der Waals surface area contributed by atoms with Crippen LogP contribution in [0.1, 0.15) is 5.56 Å². The Bertz CT molecular complexity index is 677. The quantitative estimate of drug-likeness (QED) is 0.580. The van der Waals surface area contributed by atoms with Crippen LogP contribution in [0.5, 0.6) is 11.5 Å². The van der Waals surface area contributed by atoms with Crippen LogP contribution in [0.2, 0.25) is 0 Å². The number of nitrogens with two attached hydrogens (primary N) is 3. The minimum Gasteiger partial charge on any atom is -0.456 e. The van der Waals surface area contributed by atoms with Crippen LogP contribution in [0, 0.1) is 6.92 Å². The zero-order chi connectivity index (χ0) is 15.2. The summed E-state index contributed by atoms with van der Waals surface area (Å²) in [6, 6.07) is 9.02.